The third-order valence-electron chi connectivity index (χ3n) is 4.72. The Morgan fingerprint density at radius 3 is 2.03 bits per heavy atom. The SMILES string of the molecule is CCCOC(=O)Oc1ccc(C[C@H](N)C(=O)O[C@@H](C)COC(=O)CCC(C)C)cc1OC(=O)OCCC. The van der Waals surface area contributed by atoms with Crippen LogP contribution in [0.4, 0.5) is 9.59 Å². The van der Waals surface area contributed by atoms with Crippen LogP contribution in [0.25, 0.3) is 0 Å². The molecule has 0 aromatic heterocycles. The number of nitrogens with two attached hydrogens (primary N) is 1. The predicted octanol–water partition coefficient (Wildman–Crippen LogP) is 4.32. The number of hydrogen-bond acceptors (Lipinski definition) is 11. The van der Waals surface area contributed by atoms with Crippen LogP contribution in [0.1, 0.15) is 65.9 Å². The molecule has 0 saturated heterocycles. The third kappa shape index (κ3) is 13.5. The lowest BCUT2D eigenvalue weighted by molar-refractivity contribution is -0.159. The van der Waals surface area contributed by atoms with E-state index < -0.39 is 30.4 Å². The lowest BCUT2D eigenvalue weighted by atomic mass is 10.1. The van der Waals surface area contributed by atoms with E-state index in [4.69, 9.17) is 34.2 Å². The van der Waals surface area contributed by atoms with E-state index in [1.54, 1.807) is 13.0 Å². The minimum atomic E-state index is -1.06. The van der Waals surface area contributed by atoms with Gasteiger partial charge < -0.3 is 34.2 Å². The van der Waals surface area contributed by atoms with Crippen molar-refractivity contribution in [3.63, 3.8) is 0 Å². The number of carbonyl (C=O) groups is 4. The second-order valence-electron chi connectivity index (χ2n) is 8.86. The van der Waals surface area contributed by atoms with Crippen LogP contribution in [-0.4, -0.2) is 56.2 Å². The topological polar surface area (TPSA) is 150 Å². The summed E-state index contributed by atoms with van der Waals surface area (Å²) in [5, 5.41) is 0. The average Bonchev–Trinajstić information content (AvgIpc) is 2.85. The fourth-order valence-corrected chi connectivity index (χ4v) is 2.80. The summed E-state index contributed by atoms with van der Waals surface area (Å²) in [6.07, 6.45) is -0.387. The molecule has 11 nitrogen and oxygen atoms in total. The molecule has 208 valence electrons. The molecule has 0 fully saturated rings. The minimum Gasteiger partial charge on any atom is -0.462 e. The van der Waals surface area contributed by atoms with Crippen molar-refractivity contribution < 1.29 is 47.6 Å². The Bertz CT molecular complexity index is 886. The number of hydrogen-bond donors (Lipinski definition) is 1. The maximum atomic E-state index is 12.4. The van der Waals surface area contributed by atoms with Gasteiger partial charge in [0.25, 0.3) is 0 Å². The Morgan fingerprint density at radius 2 is 1.46 bits per heavy atom. The van der Waals surface area contributed by atoms with Gasteiger partial charge in [-0.25, -0.2) is 9.59 Å². The predicted molar refractivity (Wildman–Crippen MR) is 133 cm³/mol. The highest BCUT2D eigenvalue weighted by atomic mass is 16.7. The summed E-state index contributed by atoms with van der Waals surface area (Å²) in [6.45, 7) is 9.50. The quantitative estimate of drug-likeness (QED) is 0.198. The van der Waals surface area contributed by atoms with Crippen molar-refractivity contribution in [3.8, 4) is 11.5 Å². The number of carbonyl (C=O) groups excluding carboxylic acids is 4. The summed E-state index contributed by atoms with van der Waals surface area (Å²) in [7, 11) is 0. The van der Waals surface area contributed by atoms with E-state index >= 15 is 0 Å². The van der Waals surface area contributed by atoms with Gasteiger partial charge in [0.05, 0.1) is 13.2 Å². The van der Waals surface area contributed by atoms with Crippen LogP contribution in [0.3, 0.4) is 0 Å². The number of esters is 2. The van der Waals surface area contributed by atoms with E-state index in [-0.39, 0.29) is 43.7 Å². The third-order valence-corrected chi connectivity index (χ3v) is 4.72. The van der Waals surface area contributed by atoms with E-state index in [2.05, 4.69) is 0 Å². The number of rotatable bonds is 15. The molecule has 1 aromatic carbocycles. The van der Waals surface area contributed by atoms with Gasteiger partial charge in [0.15, 0.2) is 11.5 Å². The van der Waals surface area contributed by atoms with E-state index in [0.29, 0.717) is 37.2 Å². The number of benzene rings is 1. The van der Waals surface area contributed by atoms with Gasteiger partial charge in [-0.15, -0.1) is 0 Å². The summed E-state index contributed by atoms with van der Waals surface area (Å²) in [5.74, 6) is -0.841. The van der Waals surface area contributed by atoms with Gasteiger partial charge in [0, 0.05) is 6.42 Å². The summed E-state index contributed by atoms with van der Waals surface area (Å²) in [6, 6.07) is 3.30. The van der Waals surface area contributed by atoms with Crippen LogP contribution in [0.15, 0.2) is 18.2 Å². The van der Waals surface area contributed by atoms with Crippen molar-refractivity contribution >= 4 is 24.2 Å². The van der Waals surface area contributed by atoms with Crippen LogP contribution in [-0.2, 0) is 35.0 Å². The van der Waals surface area contributed by atoms with Crippen molar-refractivity contribution in [2.75, 3.05) is 19.8 Å². The molecule has 0 unspecified atom stereocenters. The van der Waals surface area contributed by atoms with Crippen LogP contribution < -0.4 is 15.2 Å². The number of ether oxygens (including phenoxy) is 6. The van der Waals surface area contributed by atoms with E-state index in [1.165, 1.54) is 12.1 Å². The van der Waals surface area contributed by atoms with E-state index in [0.717, 1.165) is 0 Å². The Hall–Kier alpha value is -3.34. The van der Waals surface area contributed by atoms with E-state index in [1.807, 2.05) is 27.7 Å². The molecule has 0 aliphatic rings. The molecule has 11 heteroatoms. The smallest absolute Gasteiger partial charge is 0.462 e. The molecule has 0 radical (unpaired) electrons. The molecule has 0 bridgehead atoms. The molecular formula is C26H39NO10. The summed E-state index contributed by atoms with van der Waals surface area (Å²) < 4.78 is 30.6. The van der Waals surface area contributed by atoms with Crippen molar-refractivity contribution in [2.45, 2.75) is 78.9 Å². The van der Waals surface area contributed by atoms with Crippen molar-refractivity contribution in [3.05, 3.63) is 23.8 Å². The van der Waals surface area contributed by atoms with Gasteiger partial charge >= 0.3 is 24.2 Å². The average molecular weight is 526 g/mol. The monoisotopic (exact) mass is 525 g/mol. The van der Waals surface area contributed by atoms with Crippen molar-refractivity contribution in [1.29, 1.82) is 0 Å². The molecule has 37 heavy (non-hydrogen) atoms. The summed E-state index contributed by atoms with van der Waals surface area (Å²) in [4.78, 5) is 48.0. The van der Waals surface area contributed by atoms with Crippen LogP contribution in [0, 0.1) is 5.92 Å². The first-order valence-corrected chi connectivity index (χ1v) is 12.5. The maximum absolute atomic E-state index is 12.4. The zero-order valence-corrected chi connectivity index (χ0v) is 22.3. The van der Waals surface area contributed by atoms with Gasteiger partial charge in [-0.1, -0.05) is 33.8 Å². The van der Waals surface area contributed by atoms with Crippen LogP contribution >= 0.6 is 0 Å². The molecule has 0 amide bonds. The highest BCUT2D eigenvalue weighted by molar-refractivity contribution is 5.76. The van der Waals surface area contributed by atoms with Gasteiger partial charge in [-0.2, -0.15) is 0 Å². The lowest BCUT2D eigenvalue weighted by Crippen LogP contribution is -2.37. The van der Waals surface area contributed by atoms with Gasteiger partial charge in [-0.05, 0) is 56.2 Å². The highest BCUT2D eigenvalue weighted by Crippen LogP contribution is 2.30. The maximum Gasteiger partial charge on any atom is 0.513 e. The van der Waals surface area contributed by atoms with Crippen molar-refractivity contribution in [2.24, 2.45) is 11.7 Å². The molecule has 0 heterocycles. The summed E-state index contributed by atoms with van der Waals surface area (Å²) in [5.41, 5.74) is 6.51. The zero-order valence-electron chi connectivity index (χ0n) is 22.3. The highest BCUT2D eigenvalue weighted by Gasteiger charge is 2.22. The largest absolute Gasteiger partial charge is 0.513 e. The molecular weight excluding hydrogens is 486 g/mol. The fraction of sp³-hybridized carbons (Fsp3) is 0.615. The van der Waals surface area contributed by atoms with Crippen LogP contribution in [0.5, 0.6) is 11.5 Å². The van der Waals surface area contributed by atoms with Crippen LogP contribution in [0.2, 0.25) is 0 Å². The molecule has 2 atom stereocenters. The zero-order chi connectivity index (χ0) is 27.8. The van der Waals surface area contributed by atoms with Gasteiger partial charge in [-0.3, -0.25) is 9.59 Å². The standard InChI is InChI=1S/C26H39NO10/c1-6-12-32-25(30)36-21-10-9-19(15-22(21)37-26(31)33-13-7-2)14-20(27)24(29)35-18(5)16-34-23(28)11-8-17(3)4/h9-10,15,17-18,20H,6-8,11-14,16,27H2,1-5H3/t18-,20-/m0/s1. The molecule has 1 rings (SSSR count). The minimum absolute atomic E-state index is 0.0284. The molecule has 0 saturated carbocycles. The van der Waals surface area contributed by atoms with Gasteiger partial charge in [0.1, 0.15) is 18.8 Å². The fourth-order valence-electron chi connectivity index (χ4n) is 2.80. The second-order valence-corrected chi connectivity index (χ2v) is 8.86. The Balaban J connectivity index is 2.78. The Labute approximate surface area is 217 Å². The first-order chi connectivity index (χ1) is 17.5. The molecule has 0 aliphatic carbocycles. The molecule has 1 aromatic rings. The molecule has 0 aliphatic heterocycles. The Kier molecular flexibility index (Phi) is 14.7. The summed E-state index contributed by atoms with van der Waals surface area (Å²) >= 11 is 0. The lowest BCUT2D eigenvalue weighted by Gasteiger charge is -2.18. The first-order valence-electron chi connectivity index (χ1n) is 12.5. The second kappa shape index (κ2) is 17.2. The van der Waals surface area contributed by atoms with Gasteiger partial charge in [0.2, 0.25) is 0 Å². The van der Waals surface area contributed by atoms with Crippen molar-refractivity contribution in [1.82, 2.24) is 0 Å². The molecule has 0 spiro atoms. The first kappa shape index (κ1) is 31.7. The van der Waals surface area contributed by atoms with E-state index in [9.17, 15) is 19.2 Å². The normalized spacial score (nSPS) is 12.3. The molecule has 2 N–H and O–H groups in total. The Morgan fingerprint density at radius 1 is 0.865 bits per heavy atom.